The van der Waals surface area contributed by atoms with E-state index in [2.05, 4.69) is 11.8 Å². The zero-order valence-corrected chi connectivity index (χ0v) is 10.7. The Bertz CT molecular complexity index is 449. The molecule has 1 N–H and O–H groups in total. The van der Waals surface area contributed by atoms with Crippen molar-refractivity contribution in [3.05, 3.63) is 35.4 Å². The van der Waals surface area contributed by atoms with Crippen molar-refractivity contribution in [2.75, 3.05) is 5.88 Å². The third-order valence-electron chi connectivity index (χ3n) is 2.59. The SMILES string of the molecule is CC(C)(C(=O)O)c1ccc(C#CCCCl)cc1. The van der Waals surface area contributed by atoms with Crippen LogP contribution >= 0.6 is 11.6 Å². The van der Waals surface area contributed by atoms with Gasteiger partial charge in [-0.2, -0.15) is 0 Å². The summed E-state index contributed by atoms with van der Waals surface area (Å²) in [6, 6.07) is 7.28. The molecule has 0 aliphatic rings. The van der Waals surface area contributed by atoms with Gasteiger partial charge >= 0.3 is 5.97 Å². The minimum Gasteiger partial charge on any atom is -0.481 e. The summed E-state index contributed by atoms with van der Waals surface area (Å²) >= 11 is 5.52. The molecule has 0 heterocycles. The fourth-order valence-electron chi connectivity index (χ4n) is 1.31. The van der Waals surface area contributed by atoms with Gasteiger partial charge in [0, 0.05) is 17.9 Å². The lowest BCUT2D eigenvalue weighted by Crippen LogP contribution is -2.28. The second kappa shape index (κ2) is 5.75. The fraction of sp³-hybridized carbons (Fsp3) is 0.357. The van der Waals surface area contributed by atoms with Gasteiger partial charge in [-0.25, -0.2) is 0 Å². The van der Waals surface area contributed by atoms with Crippen LogP contribution in [0, 0.1) is 11.8 Å². The zero-order chi connectivity index (χ0) is 12.9. The van der Waals surface area contributed by atoms with E-state index in [4.69, 9.17) is 16.7 Å². The highest BCUT2D eigenvalue weighted by Crippen LogP contribution is 2.23. The Hall–Kier alpha value is -1.46. The Balaban J connectivity index is 2.90. The summed E-state index contributed by atoms with van der Waals surface area (Å²) in [5.41, 5.74) is 0.773. The monoisotopic (exact) mass is 250 g/mol. The largest absolute Gasteiger partial charge is 0.481 e. The van der Waals surface area contributed by atoms with E-state index in [1.54, 1.807) is 26.0 Å². The van der Waals surface area contributed by atoms with E-state index >= 15 is 0 Å². The molecule has 0 aliphatic carbocycles. The van der Waals surface area contributed by atoms with Crippen LogP contribution in [0.3, 0.4) is 0 Å². The van der Waals surface area contributed by atoms with Crippen LogP contribution in [0.5, 0.6) is 0 Å². The Morgan fingerprint density at radius 1 is 1.35 bits per heavy atom. The number of carboxylic acid groups (broad SMARTS) is 1. The highest BCUT2D eigenvalue weighted by atomic mass is 35.5. The van der Waals surface area contributed by atoms with Crippen molar-refractivity contribution in [2.24, 2.45) is 0 Å². The average Bonchev–Trinajstić information content (AvgIpc) is 2.30. The van der Waals surface area contributed by atoms with E-state index in [0.717, 1.165) is 11.1 Å². The lowest BCUT2D eigenvalue weighted by atomic mass is 9.84. The third kappa shape index (κ3) is 3.51. The van der Waals surface area contributed by atoms with Crippen LogP contribution < -0.4 is 0 Å². The molecule has 0 fully saturated rings. The summed E-state index contributed by atoms with van der Waals surface area (Å²) in [6.07, 6.45) is 0.657. The van der Waals surface area contributed by atoms with Gasteiger partial charge in [0.15, 0.2) is 0 Å². The molecule has 0 bridgehead atoms. The third-order valence-corrected chi connectivity index (χ3v) is 2.78. The molecule has 0 saturated carbocycles. The van der Waals surface area contributed by atoms with E-state index in [9.17, 15) is 4.79 Å². The summed E-state index contributed by atoms with van der Waals surface area (Å²) < 4.78 is 0. The van der Waals surface area contributed by atoms with E-state index < -0.39 is 11.4 Å². The van der Waals surface area contributed by atoms with Crippen molar-refractivity contribution in [2.45, 2.75) is 25.7 Å². The zero-order valence-electron chi connectivity index (χ0n) is 9.96. The van der Waals surface area contributed by atoms with Gasteiger partial charge in [0.05, 0.1) is 5.41 Å². The first-order chi connectivity index (χ1) is 7.98. The van der Waals surface area contributed by atoms with Gasteiger partial charge in [0.2, 0.25) is 0 Å². The van der Waals surface area contributed by atoms with Crippen LogP contribution in [0.1, 0.15) is 31.4 Å². The number of carboxylic acids is 1. The van der Waals surface area contributed by atoms with Gasteiger partial charge in [-0.3, -0.25) is 4.79 Å². The molecule has 2 nitrogen and oxygen atoms in total. The van der Waals surface area contributed by atoms with Gasteiger partial charge in [0.1, 0.15) is 0 Å². The number of aliphatic carboxylic acids is 1. The van der Waals surface area contributed by atoms with Gasteiger partial charge in [-0.05, 0) is 31.5 Å². The quantitative estimate of drug-likeness (QED) is 0.661. The van der Waals surface area contributed by atoms with Crippen molar-refractivity contribution in [3.63, 3.8) is 0 Å². The van der Waals surface area contributed by atoms with E-state index in [1.165, 1.54) is 0 Å². The molecule has 90 valence electrons. The van der Waals surface area contributed by atoms with Crippen molar-refractivity contribution in [1.29, 1.82) is 0 Å². The number of carbonyl (C=O) groups is 1. The molecule has 17 heavy (non-hydrogen) atoms. The molecule has 3 heteroatoms. The first-order valence-corrected chi connectivity index (χ1v) is 5.90. The van der Waals surface area contributed by atoms with Gasteiger partial charge in [0.25, 0.3) is 0 Å². The van der Waals surface area contributed by atoms with Gasteiger partial charge in [-0.1, -0.05) is 24.0 Å². The van der Waals surface area contributed by atoms with E-state index in [1.807, 2.05) is 12.1 Å². The Morgan fingerprint density at radius 2 is 1.94 bits per heavy atom. The minimum absolute atomic E-state index is 0.525. The summed E-state index contributed by atoms with van der Waals surface area (Å²) in [7, 11) is 0. The van der Waals surface area contributed by atoms with Crippen LogP contribution in [-0.2, 0) is 10.2 Å². The molecule has 0 aliphatic heterocycles. The van der Waals surface area contributed by atoms with E-state index in [0.29, 0.717) is 12.3 Å². The van der Waals surface area contributed by atoms with Gasteiger partial charge in [-0.15, -0.1) is 11.6 Å². The maximum atomic E-state index is 11.1. The molecular weight excluding hydrogens is 236 g/mol. The lowest BCUT2D eigenvalue weighted by molar-refractivity contribution is -0.142. The molecular formula is C14H15ClO2. The maximum absolute atomic E-state index is 11.1. The van der Waals surface area contributed by atoms with Crippen LogP contribution in [-0.4, -0.2) is 17.0 Å². The predicted octanol–water partition coefficient (Wildman–Crippen LogP) is 3.03. The number of hydrogen-bond acceptors (Lipinski definition) is 1. The topological polar surface area (TPSA) is 37.3 Å². The highest BCUT2D eigenvalue weighted by Gasteiger charge is 2.28. The molecule has 0 atom stereocenters. The van der Waals surface area contributed by atoms with Crippen LogP contribution in [0.25, 0.3) is 0 Å². The molecule has 1 rings (SSSR count). The number of hydrogen-bond donors (Lipinski definition) is 1. The fourth-order valence-corrected chi connectivity index (χ4v) is 1.40. The number of halogens is 1. The summed E-state index contributed by atoms with van der Waals surface area (Å²) in [6.45, 7) is 3.37. The van der Waals surface area contributed by atoms with E-state index in [-0.39, 0.29) is 0 Å². The van der Waals surface area contributed by atoms with Crippen LogP contribution in [0.2, 0.25) is 0 Å². The first kappa shape index (κ1) is 13.6. The Morgan fingerprint density at radius 3 is 2.41 bits per heavy atom. The molecule has 0 unspecified atom stereocenters. The summed E-state index contributed by atoms with van der Waals surface area (Å²) in [5.74, 6) is 5.60. The summed E-state index contributed by atoms with van der Waals surface area (Å²) in [5, 5.41) is 9.09. The number of benzene rings is 1. The Kier molecular flexibility index (Phi) is 4.60. The standard InChI is InChI=1S/C14H15ClO2/c1-14(2,13(16)17)12-8-6-11(7-9-12)5-3-4-10-15/h6-9H,4,10H2,1-2H3,(H,16,17). The molecule has 0 aromatic heterocycles. The highest BCUT2D eigenvalue weighted by molar-refractivity contribution is 6.18. The average molecular weight is 251 g/mol. The number of alkyl halides is 1. The Labute approximate surface area is 107 Å². The molecule has 1 aromatic carbocycles. The molecule has 0 amide bonds. The smallest absolute Gasteiger partial charge is 0.313 e. The molecule has 0 radical (unpaired) electrons. The summed E-state index contributed by atoms with van der Waals surface area (Å²) in [4.78, 5) is 11.1. The molecule has 0 saturated heterocycles. The number of rotatable bonds is 3. The second-order valence-corrected chi connectivity index (χ2v) is 4.63. The lowest BCUT2D eigenvalue weighted by Gasteiger charge is -2.19. The normalized spacial score (nSPS) is 10.5. The predicted molar refractivity (Wildman–Crippen MR) is 69.3 cm³/mol. The van der Waals surface area contributed by atoms with Crippen molar-refractivity contribution < 1.29 is 9.90 Å². The first-order valence-electron chi connectivity index (χ1n) is 5.37. The van der Waals surface area contributed by atoms with Crippen LogP contribution in [0.15, 0.2) is 24.3 Å². The van der Waals surface area contributed by atoms with Crippen molar-refractivity contribution >= 4 is 17.6 Å². The molecule has 0 spiro atoms. The van der Waals surface area contributed by atoms with Crippen molar-refractivity contribution in [1.82, 2.24) is 0 Å². The minimum atomic E-state index is -0.873. The van der Waals surface area contributed by atoms with Crippen molar-refractivity contribution in [3.8, 4) is 11.8 Å². The van der Waals surface area contributed by atoms with Crippen LogP contribution in [0.4, 0.5) is 0 Å². The van der Waals surface area contributed by atoms with Gasteiger partial charge < -0.3 is 5.11 Å². The molecule has 1 aromatic rings. The second-order valence-electron chi connectivity index (χ2n) is 4.25. The maximum Gasteiger partial charge on any atom is 0.313 e.